The molecule has 0 aromatic carbocycles. The van der Waals surface area contributed by atoms with Crippen LogP contribution in [0.4, 0.5) is 5.82 Å². The summed E-state index contributed by atoms with van der Waals surface area (Å²) in [6.45, 7) is 2.08. The number of halogens is 1. The van der Waals surface area contributed by atoms with E-state index >= 15 is 0 Å². The Balaban J connectivity index is 1.91. The summed E-state index contributed by atoms with van der Waals surface area (Å²) in [6, 6.07) is 4.02. The van der Waals surface area contributed by atoms with E-state index in [4.69, 9.17) is 0 Å². The van der Waals surface area contributed by atoms with Crippen molar-refractivity contribution in [3.8, 4) is 0 Å². The molecule has 4 nitrogen and oxygen atoms in total. The van der Waals surface area contributed by atoms with Crippen molar-refractivity contribution in [2.24, 2.45) is 5.10 Å². The lowest BCUT2D eigenvalue weighted by Gasteiger charge is -1.99. The first-order chi connectivity index (χ1) is 9.25. The average molecular weight is 400 g/mol. The SMILES string of the molecule is Cc1c(I)sc2c(NN=Cc3cccs3)ncnc12. The lowest BCUT2D eigenvalue weighted by molar-refractivity contribution is 1.18. The highest BCUT2D eigenvalue weighted by molar-refractivity contribution is 14.1. The zero-order chi connectivity index (χ0) is 13.2. The van der Waals surface area contributed by atoms with E-state index in [-0.39, 0.29) is 0 Å². The Morgan fingerprint density at radius 1 is 1.42 bits per heavy atom. The molecule has 0 spiro atoms. The molecule has 3 heterocycles. The Morgan fingerprint density at radius 3 is 3.11 bits per heavy atom. The van der Waals surface area contributed by atoms with Gasteiger partial charge in [0.25, 0.3) is 0 Å². The Hall–Kier alpha value is -1.06. The summed E-state index contributed by atoms with van der Waals surface area (Å²) >= 11 is 5.66. The van der Waals surface area contributed by atoms with E-state index in [1.54, 1.807) is 35.2 Å². The van der Waals surface area contributed by atoms with Gasteiger partial charge in [0, 0.05) is 4.88 Å². The van der Waals surface area contributed by atoms with Crippen LogP contribution < -0.4 is 5.43 Å². The number of thiophene rings is 2. The number of nitrogens with one attached hydrogen (secondary N) is 1. The minimum Gasteiger partial charge on any atom is -0.260 e. The van der Waals surface area contributed by atoms with Crippen LogP contribution in [0, 0.1) is 9.81 Å². The van der Waals surface area contributed by atoms with Crippen LogP contribution in [-0.4, -0.2) is 16.2 Å². The third kappa shape index (κ3) is 2.63. The summed E-state index contributed by atoms with van der Waals surface area (Å²) in [4.78, 5) is 9.69. The number of nitrogens with zero attached hydrogens (tertiary/aromatic N) is 3. The second-order valence-corrected chi connectivity index (χ2v) is 7.60. The molecule has 19 heavy (non-hydrogen) atoms. The Bertz CT molecular complexity index is 734. The maximum absolute atomic E-state index is 4.32. The first kappa shape index (κ1) is 12.9. The summed E-state index contributed by atoms with van der Waals surface area (Å²) in [5.41, 5.74) is 5.20. The molecule has 3 aromatic rings. The zero-order valence-electron chi connectivity index (χ0n) is 9.92. The molecule has 0 unspecified atom stereocenters. The second kappa shape index (κ2) is 5.51. The molecule has 1 N–H and O–H groups in total. The second-order valence-electron chi connectivity index (χ2n) is 3.79. The van der Waals surface area contributed by atoms with Gasteiger partial charge in [0.2, 0.25) is 0 Å². The van der Waals surface area contributed by atoms with Crippen LogP contribution >= 0.6 is 45.3 Å². The maximum Gasteiger partial charge on any atom is 0.167 e. The van der Waals surface area contributed by atoms with Gasteiger partial charge in [0.15, 0.2) is 5.82 Å². The highest BCUT2D eigenvalue weighted by Crippen LogP contribution is 2.33. The molecule has 3 rings (SSSR count). The molecule has 7 heteroatoms. The molecule has 0 aliphatic rings. The topological polar surface area (TPSA) is 50.2 Å². The van der Waals surface area contributed by atoms with E-state index in [2.05, 4.69) is 50.0 Å². The van der Waals surface area contributed by atoms with Crippen LogP contribution in [0.1, 0.15) is 10.4 Å². The van der Waals surface area contributed by atoms with E-state index < -0.39 is 0 Å². The quantitative estimate of drug-likeness (QED) is 0.409. The molecule has 0 atom stereocenters. The van der Waals surface area contributed by atoms with Crippen molar-refractivity contribution < 1.29 is 0 Å². The van der Waals surface area contributed by atoms with Crippen LogP contribution in [0.5, 0.6) is 0 Å². The first-order valence-corrected chi connectivity index (χ1v) is 8.25. The average Bonchev–Trinajstić information content (AvgIpc) is 3.01. The number of hydrogen-bond acceptors (Lipinski definition) is 6. The molecule has 0 radical (unpaired) electrons. The van der Waals surface area contributed by atoms with E-state index in [9.17, 15) is 0 Å². The van der Waals surface area contributed by atoms with Crippen molar-refractivity contribution in [3.63, 3.8) is 0 Å². The number of aryl methyl sites for hydroxylation is 1. The predicted octanol–water partition coefficient (Wildman–Crippen LogP) is 4.11. The highest BCUT2D eigenvalue weighted by Gasteiger charge is 2.11. The van der Waals surface area contributed by atoms with Crippen LogP contribution in [0.2, 0.25) is 0 Å². The predicted molar refractivity (Wildman–Crippen MR) is 90.4 cm³/mol. The first-order valence-electron chi connectivity index (χ1n) is 5.48. The number of aromatic nitrogens is 2. The molecule has 0 bridgehead atoms. The van der Waals surface area contributed by atoms with Crippen molar-refractivity contribution >= 4 is 67.5 Å². The van der Waals surface area contributed by atoms with Gasteiger partial charge in [-0.25, -0.2) is 9.97 Å². The van der Waals surface area contributed by atoms with Crippen molar-refractivity contribution in [2.45, 2.75) is 6.92 Å². The van der Waals surface area contributed by atoms with Gasteiger partial charge in [-0.2, -0.15) is 5.10 Å². The smallest absolute Gasteiger partial charge is 0.167 e. The number of rotatable bonds is 3. The van der Waals surface area contributed by atoms with Crippen LogP contribution in [-0.2, 0) is 0 Å². The molecular formula is C12H9IN4S2. The minimum absolute atomic E-state index is 0.758. The summed E-state index contributed by atoms with van der Waals surface area (Å²) in [6.07, 6.45) is 3.37. The van der Waals surface area contributed by atoms with Gasteiger partial charge in [-0.05, 0) is 46.5 Å². The third-order valence-electron chi connectivity index (χ3n) is 2.55. The largest absolute Gasteiger partial charge is 0.260 e. The molecule has 3 aromatic heterocycles. The monoisotopic (exact) mass is 400 g/mol. The summed E-state index contributed by atoms with van der Waals surface area (Å²) in [5.74, 6) is 0.758. The fourth-order valence-corrected chi connectivity index (χ4v) is 4.03. The van der Waals surface area contributed by atoms with E-state index in [0.717, 1.165) is 20.9 Å². The van der Waals surface area contributed by atoms with Gasteiger partial charge >= 0.3 is 0 Å². The summed E-state index contributed by atoms with van der Waals surface area (Å²) < 4.78 is 2.28. The van der Waals surface area contributed by atoms with Gasteiger partial charge in [-0.1, -0.05) is 6.07 Å². The molecule has 0 aliphatic heterocycles. The standard InChI is InChI=1S/C12H9IN4S2/c1-7-9-10(19-11(7)13)12(15-6-14-9)17-16-5-8-3-2-4-18-8/h2-6H,1H3,(H,14,15,17). The maximum atomic E-state index is 4.32. The van der Waals surface area contributed by atoms with Crippen molar-refractivity contribution in [2.75, 3.05) is 5.43 Å². The summed E-state index contributed by atoms with van der Waals surface area (Å²) in [5, 5.41) is 6.25. The van der Waals surface area contributed by atoms with Crippen LogP contribution in [0.3, 0.4) is 0 Å². The van der Waals surface area contributed by atoms with Crippen molar-refractivity contribution in [3.05, 3.63) is 37.2 Å². The Labute approximate surface area is 131 Å². The van der Waals surface area contributed by atoms with Gasteiger partial charge in [-0.3, -0.25) is 5.43 Å². The van der Waals surface area contributed by atoms with Crippen molar-refractivity contribution in [1.29, 1.82) is 0 Å². The molecule has 0 saturated heterocycles. The normalized spacial score (nSPS) is 11.5. The van der Waals surface area contributed by atoms with E-state index in [1.165, 1.54) is 8.45 Å². The van der Waals surface area contributed by atoms with Crippen LogP contribution in [0.15, 0.2) is 28.9 Å². The molecule has 0 amide bonds. The fourth-order valence-electron chi connectivity index (χ4n) is 1.60. The number of anilines is 1. The fraction of sp³-hybridized carbons (Fsp3) is 0.0833. The lowest BCUT2D eigenvalue weighted by atomic mass is 10.3. The zero-order valence-corrected chi connectivity index (χ0v) is 13.7. The van der Waals surface area contributed by atoms with Gasteiger partial charge in [0.05, 0.1) is 19.3 Å². The van der Waals surface area contributed by atoms with E-state index in [1.807, 2.05) is 17.5 Å². The van der Waals surface area contributed by atoms with Crippen molar-refractivity contribution in [1.82, 2.24) is 9.97 Å². The Kier molecular flexibility index (Phi) is 3.76. The third-order valence-corrected chi connectivity index (χ3v) is 5.90. The molecule has 0 aliphatic carbocycles. The number of hydrazone groups is 1. The Morgan fingerprint density at radius 2 is 2.32 bits per heavy atom. The van der Waals surface area contributed by atoms with Gasteiger partial charge in [0.1, 0.15) is 6.33 Å². The number of hydrogen-bond donors (Lipinski definition) is 1. The number of fused-ring (bicyclic) bond motifs is 1. The summed E-state index contributed by atoms with van der Waals surface area (Å²) in [7, 11) is 0. The minimum atomic E-state index is 0.758. The lowest BCUT2D eigenvalue weighted by Crippen LogP contribution is -1.93. The van der Waals surface area contributed by atoms with E-state index in [0.29, 0.717) is 0 Å². The van der Waals surface area contributed by atoms with Gasteiger partial charge in [-0.15, -0.1) is 22.7 Å². The molecular weight excluding hydrogens is 391 g/mol. The molecule has 0 fully saturated rings. The molecule has 0 saturated carbocycles. The highest BCUT2D eigenvalue weighted by atomic mass is 127. The van der Waals surface area contributed by atoms with Gasteiger partial charge < -0.3 is 0 Å². The molecule has 96 valence electrons. The van der Waals surface area contributed by atoms with Crippen LogP contribution in [0.25, 0.3) is 10.2 Å².